The molecule has 1 amide bonds. The van der Waals surface area contributed by atoms with Crippen LogP contribution < -0.4 is 14.8 Å². The minimum Gasteiger partial charge on any atom is -0.497 e. The van der Waals surface area contributed by atoms with Gasteiger partial charge in [-0.25, -0.2) is 4.98 Å². The minimum absolute atomic E-state index is 0.00644. The molecule has 0 aliphatic heterocycles. The van der Waals surface area contributed by atoms with E-state index in [1.54, 1.807) is 37.4 Å². The molecule has 4 aromatic rings. The number of nitrogens with one attached hydrogen (secondary N) is 1. The molecule has 9 nitrogen and oxygen atoms in total. The molecule has 0 aliphatic carbocycles. The number of ether oxygens (including phenoxy) is 2. The van der Waals surface area contributed by atoms with Crippen LogP contribution in [0.2, 0.25) is 0 Å². The quantitative estimate of drug-likeness (QED) is 0.350. The second-order valence-electron chi connectivity index (χ2n) is 6.09. The third-order valence-electron chi connectivity index (χ3n) is 4.31. The second-order valence-corrected chi connectivity index (χ2v) is 7.12. The highest BCUT2D eigenvalue weighted by atomic mass is 32.1. The Labute approximate surface area is 174 Å². The minimum atomic E-state index is -0.523. The number of hydrogen-bond acceptors (Lipinski definition) is 8. The van der Waals surface area contributed by atoms with Gasteiger partial charge in [-0.15, -0.1) is 0 Å². The number of para-hydroxylation sites is 1. The molecule has 30 heavy (non-hydrogen) atoms. The summed E-state index contributed by atoms with van der Waals surface area (Å²) in [6, 6.07) is 12.6. The number of nitrogens with zero attached hydrogens (tertiary/aromatic N) is 2. The number of nitro groups is 1. The SMILES string of the molecule is COc1cc(OC)c2nc(NC(=O)c3ccc(-c4ccccc4[N+](=O)[O-])o3)sc2c1. The Bertz CT molecular complexity index is 1260. The lowest BCUT2D eigenvalue weighted by Gasteiger charge is -2.03. The molecule has 0 bridgehead atoms. The fraction of sp³-hybridized carbons (Fsp3) is 0.100. The molecular formula is C20H15N3O6S. The Kier molecular flexibility index (Phi) is 5.07. The molecule has 0 aliphatic rings. The number of carbonyl (C=O) groups excluding carboxylic acids is 1. The maximum atomic E-state index is 12.6. The predicted octanol–water partition coefficient (Wildman–Crippen LogP) is 4.73. The summed E-state index contributed by atoms with van der Waals surface area (Å²) in [5.74, 6) is 0.846. The summed E-state index contributed by atoms with van der Waals surface area (Å²) in [7, 11) is 3.08. The van der Waals surface area contributed by atoms with E-state index in [9.17, 15) is 14.9 Å². The van der Waals surface area contributed by atoms with Crippen molar-refractivity contribution in [1.29, 1.82) is 0 Å². The second kappa shape index (κ2) is 7.84. The first-order chi connectivity index (χ1) is 14.5. The van der Waals surface area contributed by atoms with Crippen LogP contribution in [0.1, 0.15) is 10.6 Å². The van der Waals surface area contributed by atoms with Crippen LogP contribution in [0.15, 0.2) is 52.9 Å². The van der Waals surface area contributed by atoms with Crippen LogP contribution in [0, 0.1) is 10.1 Å². The van der Waals surface area contributed by atoms with Crippen LogP contribution in [0.3, 0.4) is 0 Å². The molecule has 10 heteroatoms. The lowest BCUT2D eigenvalue weighted by atomic mass is 10.1. The van der Waals surface area contributed by atoms with E-state index in [-0.39, 0.29) is 17.2 Å². The van der Waals surface area contributed by atoms with Gasteiger partial charge in [0, 0.05) is 12.1 Å². The zero-order valence-corrected chi connectivity index (χ0v) is 16.7. The van der Waals surface area contributed by atoms with Crippen LogP contribution in [0.4, 0.5) is 10.8 Å². The molecule has 1 N–H and O–H groups in total. The molecule has 4 rings (SSSR count). The summed E-state index contributed by atoms with van der Waals surface area (Å²) in [4.78, 5) is 27.7. The number of amides is 1. The molecule has 0 saturated carbocycles. The molecule has 0 atom stereocenters. The number of fused-ring (bicyclic) bond motifs is 1. The van der Waals surface area contributed by atoms with Crippen molar-refractivity contribution < 1.29 is 23.6 Å². The van der Waals surface area contributed by atoms with Crippen molar-refractivity contribution in [2.75, 3.05) is 19.5 Å². The fourth-order valence-electron chi connectivity index (χ4n) is 2.91. The highest BCUT2D eigenvalue weighted by Crippen LogP contribution is 2.36. The monoisotopic (exact) mass is 425 g/mol. The van der Waals surface area contributed by atoms with Gasteiger partial charge in [0.15, 0.2) is 10.9 Å². The van der Waals surface area contributed by atoms with Crippen LogP contribution in [-0.4, -0.2) is 30.0 Å². The number of thiazole rings is 1. The lowest BCUT2D eigenvalue weighted by Crippen LogP contribution is -2.10. The van der Waals surface area contributed by atoms with E-state index in [0.29, 0.717) is 27.7 Å². The van der Waals surface area contributed by atoms with Gasteiger partial charge in [0.2, 0.25) is 0 Å². The summed E-state index contributed by atoms with van der Waals surface area (Å²) < 4.78 is 16.9. The number of nitro benzene ring substituents is 1. The number of hydrogen-bond donors (Lipinski definition) is 1. The molecule has 2 heterocycles. The van der Waals surface area contributed by atoms with Gasteiger partial charge in [0.25, 0.3) is 11.6 Å². The molecule has 0 spiro atoms. The summed E-state index contributed by atoms with van der Waals surface area (Å²) in [5.41, 5.74) is 0.781. The first kappa shape index (κ1) is 19.4. The number of furan rings is 1. The van der Waals surface area contributed by atoms with E-state index < -0.39 is 10.8 Å². The summed E-state index contributed by atoms with van der Waals surface area (Å²) in [6.45, 7) is 0. The van der Waals surface area contributed by atoms with E-state index in [1.165, 1.54) is 36.6 Å². The average Bonchev–Trinajstić information content (AvgIpc) is 3.39. The molecule has 0 unspecified atom stereocenters. The predicted molar refractivity (Wildman–Crippen MR) is 111 cm³/mol. The van der Waals surface area contributed by atoms with E-state index in [1.807, 2.05) is 0 Å². The van der Waals surface area contributed by atoms with Gasteiger partial charge in [-0.2, -0.15) is 0 Å². The number of rotatable bonds is 6. The van der Waals surface area contributed by atoms with Gasteiger partial charge < -0.3 is 13.9 Å². The normalized spacial score (nSPS) is 10.7. The summed E-state index contributed by atoms with van der Waals surface area (Å²) in [5, 5.41) is 14.3. The van der Waals surface area contributed by atoms with E-state index in [2.05, 4.69) is 10.3 Å². The van der Waals surface area contributed by atoms with Crippen molar-refractivity contribution in [3.05, 3.63) is 64.4 Å². The number of aromatic nitrogens is 1. The van der Waals surface area contributed by atoms with Crippen molar-refractivity contribution in [2.24, 2.45) is 0 Å². The average molecular weight is 425 g/mol. The van der Waals surface area contributed by atoms with Crippen molar-refractivity contribution in [3.63, 3.8) is 0 Å². The molecular weight excluding hydrogens is 410 g/mol. The van der Waals surface area contributed by atoms with Gasteiger partial charge in [0.05, 0.1) is 29.4 Å². The van der Waals surface area contributed by atoms with Crippen molar-refractivity contribution >= 4 is 38.3 Å². The molecule has 0 radical (unpaired) electrons. The Hall–Kier alpha value is -3.92. The van der Waals surface area contributed by atoms with Gasteiger partial charge >= 0.3 is 0 Å². The molecule has 2 aromatic carbocycles. The topological polar surface area (TPSA) is 117 Å². The largest absolute Gasteiger partial charge is 0.497 e. The Morgan fingerprint density at radius 1 is 1.17 bits per heavy atom. The van der Waals surface area contributed by atoms with Crippen LogP contribution in [-0.2, 0) is 0 Å². The van der Waals surface area contributed by atoms with Gasteiger partial charge in [-0.3, -0.25) is 20.2 Å². The van der Waals surface area contributed by atoms with Crippen molar-refractivity contribution in [3.8, 4) is 22.8 Å². The maximum Gasteiger partial charge on any atom is 0.293 e. The Morgan fingerprint density at radius 2 is 1.97 bits per heavy atom. The molecule has 152 valence electrons. The van der Waals surface area contributed by atoms with E-state index >= 15 is 0 Å². The van der Waals surface area contributed by atoms with Gasteiger partial charge in [-0.05, 0) is 24.3 Å². The van der Waals surface area contributed by atoms with E-state index in [4.69, 9.17) is 13.9 Å². The fourth-order valence-corrected chi connectivity index (χ4v) is 3.81. The molecule has 2 aromatic heterocycles. The third-order valence-corrected chi connectivity index (χ3v) is 5.22. The van der Waals surface area contributed by atoms with Gasteiger partial charge in [0.1, 0.15) is 22.8 Å². The standard InChI is InChI=1S/C20H15N3O6S/c1-27-11-9-16(28-2)18-17(10-11)30-20(21-18)22-19(24)15-8-7-14(29-15)12-5-3-4-6-13(12)23(25)26/h3-10H,1-2H3,(H,21,22,24). The number of benzene rings is 2. The van der Waals surface area contributed by atoms with Crippen molar-refractivity contribution in [1.82, 2.24) is 4.98 Å². The van der Waals surface area contributed by atoms with Crippen molar-refractivity contribution in [2.45, 2.75) is 0 Å². The van der Waals surface area contributed by atoms with E-state index in [0.717, 1.165) is 4.70 Å². The first-order valence-electron chi connectivity index (χ1n) is 8.67. The number of methoxy groups -OCH3 is 2. The van der Waals surface area contributed by atoms with Gasteiger partial charge in [-0.1, -0.05) is 23.5 Å². The lowest BCUT2D eigenvalue weighted by molar-refractivity contribution is -0.384. The van der Waals surface area contributed by atoms with Crippen LogP contribution >= 0.6 is 11.3 Å². The molecule has 0 saturated heterocycles. The van der Waals surface area contributed by atoms with Crippen LogP contribution in [0.5, 0.6) is 11.5 Å². The number of anilines is 1. The highest BCUT2D eigenvalue weighted by Gasteiger charge is 2.20. The Morgan fingerprint density at radius 3 is 2.70 bits per heavy atom. The molecule has 0 fully saturated rings. The third kappa shape index (κ3) is 3.55. The highest BCUT2D eigenvalue weighted by molar-refractivity contribution is 7.22. The smallest absolute Gasteiger partial charge is 0.293 e. The summed E-state index contributed by atoms with van der Waals surface area (Å²) >= 11 is 1.25. The zero-order chi connectivity index (χ0) is 21.3. The van der Waals surface area contributed by atoms with Crippen LogP contribution in [0.25, 0.3) is 21.5 Å². The first-order valence-corrected chi connectivity index (χ1v) is 9.49. The zero-order valence-electron chi connectivity index (χ0n) is 15.9. The Balaban J connectivity index is 1.61. The summed E-state index contributed by atoms with van der Waals surface area (Å²) in [6.07, 6.45) is 0. The maximum absolute atomic E-state index is 12.6. The number of carbonyl (C=O) groups is 1.